The number of hydrogen-bond donors (Lipinski definition) is 0. The van der Waals surface area contributed by atoms with E-state index in [9.17, 15) is 13.2 Å². The third-order valence-corrected chi connectivity index (χ3v) is 3.52. The lowest BCUT2D eigenvalue weighted by atomic mass is 10.3. The van der Waals surface area contributed by atoms with Gasteiger partial charge in [0, 0.05) is 53.1 Å². The van der Waals surface area contributed by atoms with Gasteiger partial charge in [0.25, 0.3) is 0 Å². The number of halogens is 3. The highest BCUT2D eigenvalue weighted by Crippen LogP contribution is 2.28. The Morgan fingerprint density at radius 2 is 1.82 bits per heavy atom. The first-order valence-corrected chi connectivity index (χ1v) is 6.87. The van der Waals surface area contributed by atoms with Gasteiger partial charge in [0.15, 0.2) is 6.29 Å². The minimum atomic E-state index is -4.45. The number of nitrogens with zero attached hydrogens (tertiary/aromatic N) is 4. The first-order chi connectivity index (χ1) is 10.4. The molecule has 0 unspecified atom stereocenters. The van der Waals surface area contributed by atoms with Crippen LogP contribution in [0, 0.1) is 0 Å². The van der Waals surface area contributed by atoms with E-state index in [1.165, 1.54) is 0 Å². The molecule has 1 aromatic rings. The zero-order chi connectivity index (χ0) is 16.2. The van der Waals surface area contributed by atoms with Crippen molar-refractivity contribution in [3.8, 4) is 0 Å². The first-order valence-electron chi connectivity index (χ1n) is 6.87. The predicted octanol–water partition coefficient (Wildman–Crippen LogP) is 1.24. The molecular formula is C13H19F3N4O2. The quantitative estimate of drug-likeness (QED) is 0.761. The number of anilines is 1. The third-order valence-electron chi connectivity index (χ3n) is 3.52. The maximum Gasteiger partial charge on any atom is 0.433 e. The molecule has 0 saturated carbocycles. The highest BCUT2D eigenvalue weighted by molar-refractivity contribution is 5.31. The van der Waals surface area contributed by atoms with E-state index in [-0.39, 0.29) is 12.2 Å². The minimum absolute atomic E-state index is 0.115. The van der Waals surface area contributed by atoms with Gasteiger partial charge in [0.1, 0.15) is 5.69 Å². The van der Waals surface area contributed by atoms with Gasteiger partial charge in [-0.25, -0.2) is 9.97 Å². The fourth-order valence-electron chi connectivity index (χ4n) is 2.25. The van der Waals surface area contributed by atoms with E-state index in [4.69, 9.17) is 9.47 Å². The third kappa shape index (κ3) is 4.28. The van der Waals surface area contributed by atoms with Crippen molar-refractivity contribution in [2.75, 3.05) is 51.8 Å². The van der Waals surface area contributed by atoms with Crippen molar-refractivity contribution >= 4 is 5.95 Å². The van der Waals surface area contributed by atoms with Gasteiger partial charge < -0.3 is 14.4 Å². The Morgan fingerprint density at radius 3 is 2.36 bits per heavy atom. The number of aromatic nitrogens is 2. The Kier molecular flexibility index (Phi) is 5.54. The van der Waals surface area contributed by atoms with Crippen LogP contribution in [0.25, 0.3) is 0 Å². The van der Waals surface area contributed by atoms with Crippen molar-refractivity contribution < 1.29 is 22.6 Å². The maximum absolute atomic E-state index is 12.7. The average molecular weight is 320 g/mol. The van der Waals surface area contributed by atoms with E-state index in [1.54, 1.807) is 19.1 Å². The summed E-state index contributed by atoms with van der Waals surface area (Å²) in [6.07, 6.45) is -3.62. The second kappa shape index (κ2) is 7.21. The maximum atomic E-state index is 12.7. The number of ether oxygens (including phenoxy) is 2. The van der Waals surface area contributed by atoms with Gasteiger partial charge in [-0.15, -0.1) is 0 Å². The number of alkyl halides is 3. The predicted molar refractivity (Wildman–Crippen MR) is 73.5 cm³/mol. The molecule has 0 bridgehead atoms. The Bertz CT molecular complexity index is 475. The summed E-state index contributed by atoms with van der Waals surface area (Å²) in [6.45, 7) is 3.10. The summed E-state index contributed by atoms with van der Waals surface area (Å²) < 4.78 is 48.3. The number of rotatable bonds is 5. The van der Waals surface area contributed by atoms with Crippen molar-refractivity contribution in [1.29, 1.82) is 0 Å². The monoisotopic (exact) mass is 320 g/mol. The van der Waals surface area contributed by atoms with Gasteiger partial charge >= 0.3 is 6.18 Å². The van der Waals surface area contributed by atoms with Crippen LogP contribution in [0.3, 0.4) is 0 Å². The molecule has 0 radical (unpaired) electrons. The first kappa shape index (κ1) is 16.9. The van der Waals surface area contributed by atoms with Crippen LogP contribution in [0.1, 0.15) is 5.69 Å². The molecule has 0 amide bonds. The highest BCUT2D eigenvalue weighted by atomic mass is 19.4. The van der Waals surface area contributed by atoms with Gasteiger partial charge in [-0.1, -0.05) is 0 Å². The van der Waals surface area contributed by atoms with E-state index in [0.717, 1.165) is 12.3 Å². The smallest absolute Gasteiger partial charge is 0.355 e. The van der Waals surface area contributed by atoms with E-state index in [2.05, 4.69) is 14.9 Å². The summed E-state index contributed by atoms with van der Waals surface area (Å²) in [5, 5.41) is 0. The molecule has 1 saturated heterocycles. The molecule has 22 heavy (non-hydrogen) atoms. The summed E-state index contributed by atoms with van der Waals surface area (Å²) in [4.78, 5) is 11.4. The van der Waals surface area contributed by atoms with Crippen molar-refractivity contribution in [3.05, 3.63) is 18.0 Å². The van der Waals surface area contributed by atoms with Crippen LogP contribution in [0.2, 0.25) is 0 Å². The van der Waals surface area contributed by atoms with E-state index in [0.29, 0.717) is 32.7 Å². The lowest BCUT2D eigenvalue weighted by Gasteiger charge is -2.35. The minimum Gasteiger partial charge on any atom is -0.355 e. The molecule has 1 aliphatic rings. The fraction of sp³-hybridized carbons (Fsp3) is 0.692. The summed E-state index contributed by atoms with van der Waals surface area (Å²) in [5.74, 6) is 0.115. The summed E-state index contributed by atoms with van der Waals surface area (Å²) in [5.41, 5.74) is -0.918. The van der Waals surface area contributed by atoms with Gasteiger partial charge in [-0.05, 0) is 6.07 Å². The average Bonchev–Trinajstić information content (AvgIpc) is 2.52. The summed E-state index contributed by atoms with van der Waals surface area (Å²) in [7, 11) is 3.14. The van der Waals surface area contributed by atoms with Crippen LogP contribution in [-0.4, -0.2) is 68.1 Å². The molecule has 2 heterocycles. The van der Waals surface area contributed by atoms with E-state index in [1.807, 2.05) is 0 Å². The Labute approximate surface area is 126 Å². The molecule has 0 N–H and O–H groups in total. The zero-order valence-corrected chi connectivity index (χ0v) is 12.5. The van der Waals surface area contributed by atoms with Gasteiger partial charge in [-0.2, -0.15) is 13.2 Å². The number of piperazine rings is 1. The Balaban J connectivity index is 1.94. The van der Waals surface area contributed by atoms with Crippen molar-refractivity contribution in [2.24, 2.45) is 0 Å². The van der Waals surface area contributed by atoms with Gasteiger partial charge in [-0.3, -0.25) is 4.90 Å². The van der Waals surface area contributed by atoms with Crippen LogP contribution in [0.4, 0.5) is 19.1 Å². The molecule has 6 nitrogen and oxygen atoms in total. The molecule has 0 aliphatic carbocycles. The molecule has 2 rings (SSSR count). The molecule has 9 heteroatoms. The fourth-order valence-corrected chi connectivity index (χ4v) is 2.25. The molecule has 124 valence electrons. The summed E-state index contributed by atoms with van der Waals surface area (Å²) >= 11 is 0. The van der Waals surface area contributed by atoms with Crippen LogP contribution >= 0.6 is 0 Å². The zero-order valence-electron chi connectivity index (χ0n) is 12.5. The summed E-state index contributed by atoms with van der Waals surface area (Å²) in [6, 6.07) is 0.877. The molecule has 1 aliphatic heterocycles. The molecule has 0 spiro atoms. The Hall–Kier alpha value is -1.45. The lowest BCUT2D eigenvalue weighted by molar-refractivity contribution is -0.141. The normalized spacial score (nSPS) is 17.3. The standard InChI is InChI=1S/C13H19F3N4O2/c1-21-11(22-2)9-19-5-7-20(8-6-19)12-17-4-3-10(18-12)13(14,15)16/h3-4,11H,5-9H2,1-2H3. The van der Waals surface area contributed by atoms with Crippen molar-refractivity contribution in [3.63, 3.8) is 0 Å². The van der Waals surface area contributed by atoms with E-state index >= 15 is 0 Å². The number of hydrogen-bond acceptors (Lipinski definition) is 6. The van der Waals surface area contributed by atoms with Gasteiger partial charge in [0.05, 0.1) is 0 Å². The highest BCUT2D eigenvalue weighted by Gasteiger charge is 2.33. The van der Waals surface area contributed by atoms with Gasteiger partial charge in [0.2, 0.25) is 5.95 Å². The molecule has 1 fully saturated rings. The van der Waals surface area contributed by atoms with Crippen LogP contribution in [-0.2, 0) is 15.7 Å². The second-order valence-electron chi connectivity index (χ2n) is 4.93. The lowest BCUT2D eigenvalue weighted by Crippen LogP contribution is -2.49. The van der Waals surface area contributed by atoms with Crippen molar-refractivity contribution in [2.45, 2.75) is 12.5 Å². The van der Waals surface area contributed by atoms with Crippen molar-refractivity contribution in [1.82, 2.24) is 14.9 Å². The molecule has 0 atom stereocenters. The van der Waals surface area contributed by atoms with Crippen LogP contribution in [0.15, 0.2) is 12.3 Å². The largest absolute Gasteiger partial charge is 0.433 e. The molecular weight excluding hydrogens is 301 g/mol. The molecule has 0 aromatic carbocycles. The second-order valence-corrected chi connectivity index (χ2v) is 4.93. The number of methoxy groups -OCH3 is 2. The SMILES string of the molecule is COC(CN1CCN(c2nccc(C(F)(F)F)n2)CC1)OC. The topological polar surface area (TPSA) is 50.7 Å². The van der Waals surface area contributed by atoms with E-state index < -0.39 is 11.9 Å². The van der Waals surface area contributed by atoms with Crippen LogP contribution in [0.5, 0.6) is 0 Å². The molecule has 1 aromatic heterocycles. The Morgan fingerprint density at radius 1 is 1.18 bits per heavy atom. The van der Waals surface area contributed by atoms with Crippen LogP contribution < -0.4 is 4.90 Å².